The highest BCUT2D eigenvalue weighted by atomic mass is 16.4. The molecule has 1 atom stereocenters. The van der Waals surface area contributed by atoms with E-state index in [0.29, 0.717) is 30.5 Å². The number of nitrogens with zero attached hydrogens (tertiary/aromatic N) is 3. The van der Waals surface area contributed by atoms with Crippen LogP contribution in [0.1, 0.15) is 32.2 Å². The molecule has 1 N–H and O–H groups in total. The van der Waals surface area contributed by atoms with Gasteiger partial charge in [0.2, 0.25) is 5.89 Å². The van der Waals surface area contributed by atoms with Gasteiger partial charge in [-0.25, -0.2) is 0 Å². The minimum atomic E-state index is 0.346. The van der Waals surface area contributed by atoms with Gasteiger partial charge in [-0.15, -0.1) is 5.10 Å². The third-order valence-corrected chi connectivity index (χ3v) is 3.53. The van der Waals surface area contributed by atoms with E-state index in [1.165, 1.54) is 11.3 Å². The van der Waals surface area contributed by atoms with Gasteiger partial charge in [-0.2, -0.15) is 0 Å². The first-order chi connectivity index (χ1) is 9.65. The van der Waals surface area contributed by atoms with E-state index in [0.717, 1.165) is 6.42 Å². The van der Waals surface area contributed by atoms with Gasteiger partial charge < -0.3 is 9.73 Å². The fourth-order valence-corrected chi connectivity index (χ4v) is 2.56. The normalized spacial score (nSPS) is 17.8. The summed E-state index contributed by atoms with van der Waals surface area (Å²) in [6.07, 6.45) is 1.01. The standard InChI is InChI=1S/C15H20N4O/c1-10(2)16-9-14-17-18-15(20-14)19-11(3)8-12-6-4-5-7-13(12)19/h4-7,10-11,16H,8-9H2,1-3H3. The lowest BCUT2D eigenvalue weighted by Crippen LogP contribution is -2.24. The first kappa shape index (κ1) is 13.1. The lowest BCUT2D eigenvalue weighted by atomic mass is 10.1. The zero-order valence-electron chi connectivity index (χ0n) is 12.1. The topological polar surface area (TPSA) is 54.2 Å². The molecule has 3 rings (SSSR count). The maximum Gasteiger partial charge on any atom is 0.323 e. The van der Waals surface area contributed by atoms with Crippen molar-refractivity contribution >= 4 is 11.7 Å². The Morgan fingerprint density at radius 3 is 2.95 bits per heavy atom. The van der Waals surface area contributed by atoms with Gasteiger partial charge in [-0.1, -0.05) is 37.1 Å². The maximum atomic E-state index is 5.79. The highest BCUT2D eigenvalue weighted by Crippen LogP contribution is 2.37. The van der Waals surface area contributed by atoms with E-state index in [1.54, 1.807) is 0 Å². The van der Waals surface area contributed by atoms with Crippen molar-refractivity contribution in [2.24, 2.45) is 0 Å². The fraction of sp³-hybridized carbons (Fsp3) is 0.467. The SMILES string of the molecule is CC(C)NCc1nnc(N2c3ccccc3CC2C)o1. The van der Waals surface area contributed by atoms with E-state index in [1.807, 2.05) is 6.07 Å². The Balaban J connectivity index is 1.83. The molecule has 1 aromatic heterocycles. The summed E-state index contributed by atoms with van der Waals surface area (Å²) in [4.78, 5) is 2.13. The predicted octanol–water partition coefficient (Wildman–Crippen LogP) is 2.65. The molecule has 0 aliphatic carbocycles. The minimum Gasteiger partial charge on any atom is -0.406 e. The van der Waals surface area contributed by atoms with Crippen LogP contribution in [-0.2, 0) is 13.0 Å². The molecule has 5 nitrogen and oxygen atoms in total. The molecule has 0 saturated carbocycles. The molecule has 0 radical (unpaired) electrons. The van der Waals surface area contributed by atoms with Crippen LogP contribution in [0.15, 0.2) is 28.7 Å². The molecule has 106 valence electrons. The number of nitrogens with one attached hydrogen (secondary N) is 1. The van der Waals surface area contributed by atoms with Crippen molar-refractivity contribution in [2.45, 2.75) is 45.8 Å². The Morgan fingerprint density at radius 2 is 2.15 bits per heavy atom. The van der Waals surface area contributed by atoms with Crippen LogP contribution in [0.25, 0.3) is 0 Å². The molecule has 0 spiro atoms. The lowest BCUT2D eigenvalue weighted by molar-refractivity contribution is 0.448. The van der Waals surface area contributed by atoms with Gasteiger partial charge in [-0.3, -0.25) is 4.90 Å². The molecular weight excluding hydrogens is 252 g/mol. The van der Waals surface area contributed by atoms with Crippen LogP contribution in [0, 0.1) is 0 Å². The largest absolute Gasteiger partial charge is 0.406 e. The van der Waals surface area contributed by atoms with Gasteiger partial charge in [-0.05, 0) is 25.0 Å². The van der Waals surface area contributed by atoms with Crippen molar-refractivity contribution in [1.82, 2.24) is 15.5 Å². The molecule has 2 aromatic rings. The number of hydrogen-bond acceptors (Lipinski definition) is 5. The van der Waals surface area contributed by atoms with E-state index in [4.69, 9.17) is 4.42 Å². The molecule has 1 aliphatic heterocycles. The van der Waals surface area contributed by atoms with Gasteiger partial charge >= 0.3 is 6.01 Å². The van der Waals surface area contributed by atoms with Gasteiger partial charge in [0.1, 0.15) is 0 Å². The average Bonchev–Trinajstić information content (AvgIpc) is 2.99. The maximum absolute atomic E-state index is 5.79. The molecule has 2 heterocycles. The summed E-state index contributed by atoms with van der Waals surface area (Å²) in [6, 6.07) is 9.71. The van der Waals surface area contributed by atoms with Crippen LogP contribution in [0.5, 0.6) is 0 Å². The van der Waals surface area contributed by atoms with Gasteiger partial charge in [0.25, 0.3) is 0 Å². The zero-order chi connectivity index (χ0) is 14.1. The monoisotopic (exact) mass is 272 g/mol. The predicted molar refractivity (Wildman–Crippen MR) is 78.0 cm³/mol. The zero-order valence-corrected chi connectivity index (χ0v) is 12.1. The fourth-order valence-electron chi connectivity index (χ4n) is 2.56. The highest BCUT2D eigenvalue weighted by molar-refractivity contribution is 5.65. The number of hydrogen-bond donors (Lipinski definition) is 1. The number of benzene rings is 1. The van der Waals surface area contributed by atoms with Crippen molar-refractivity contribution in [3.63, 3.8) is 0 Å². The Bertz CT molecular complexity index is 593. The molecule has 0 fully saturated rings. The van der Waals surface area contributed by atoms with E-state index in [2.05, 4.69) is 59.4 Å². The number of aromatic nitrogens is 2. The second kappa shape index (κ2) is 5.25. The molecule has 20 heavy (non-hydrogen) atoms. The Kier molecular flexibility index (Phi) is 3.44. The van der Waals surface area contributed by atoms with Crippen LogP contribution < -0.4 is 10.2 Å². The number of anilines is 2. The van der Waals surface area contributed by atoms with Crippen molar-refractivity contribution < 1.29 is 4.42 Å². The molecule has 5 heteroatoms. The van der Waals surface area contributed by atoms with E-state index in [-0.39, 0.29) is 0 Å². The van der Waals surface area contributed by atoms with Crippen molar-refractivity contribution in [3.05, 3.63) is 35.7 Å². The molecule has 1 unspecified atom stereocenters. The molecule has 0 saturated heterocycles. The second-order valence-corrected chi connectivity index (χ2v) is 5.57. The molecule has 1 aliphatic rings. The Morgan fingerprint density at radius 1 is 1.35 bits per heavy atom. The quantitative estimate of drug-likeness (QED) is 0.927. The van der Waals surface area contributed by atoms with E-state index in [9.17, 15) is 0 Å². The third-order valence-electron chi connectivity index (χ3n) is 3.53. The summed E-state index contributed by atoms with van der Waals surface area (Å²) in [6.45, 7) is 6.97. The summed E-state index contributed by atoms with van der Waals surface area (Å²) >= 11 is 0. The number of fused-ring (bicyclic) bond motifs is 1. The van der Waals surface area contributed by atoms with Crippen LogP contribution in [-0.4, -0.2) is 22.3 Å². The summed E-state index contributed by atoms with van der Waals surface area (Å²) < 4.78 is 5.79. The third kappa shape index (κ3) is 2.41. The molecule has 0 bridgehead atoms. The van der Waals surface area contributed by atoms with Crippen LogP contribution in [0.4, 0.5) is 11.7 Å². The van der Waals surface area contributed by atoms with E-state index >= 15 is 0 Å². The van der Waals surface area contributed by atoms with Gasteiger partial charge in [0.05, 0.1) is 6.54 Å². The minimum absolute atomic E-state index is 0.346. The Labute approximate surface area is 119 Å². The summed E-state index contributed by atoms with van der Waals surface area (Å²) in [5.74, 6) is 0.630. The number of rotatable bonds is 4. The second-order valence-electron chi connectivity index (χ2n) is 5.57. The smallest absolute Gasteiger partial charge is 0.323 e. The van der Waals surface area contributed by atoms with Gasteiger partial charge in [0.15, 0.2) is 0 Å². The molecule has 0 amide bonds. The van der Waals surface area contributed by atoms with E-state index < -0.39 is 0 Å². The molecular formula is C15H20N4O. The van der Waals surface area contributed by atoms with Crippen LogP contribution >= 0.6 is 0 Å². The highest BCUT2D eigenvalue weighted by Gasteiger charge is 2.30. The summed E-state index contributed by atoms with van der Waals surface area (Å²) in [5, 5.41) is 11.6. The van der Waals surface area contributed by atoms with Crippen LogP contribution in [0.2, 0.25) is 0 Å². The van der Waals surface area contributed by atoms with Crippen molar-refractivity contribution in [1.29, 1.82) is 0 Å². The van der Waals surface area contributed by atoms with Crippen molar-refractivity contribution in [2.75, 3.05) is 4.90 Å². The number of para-hydroxylation sites is 1. The van der Waals surface area contributed by atoms with Crippen LogP contribution in [0.3, 0.4) is 0 Å². The van der Waals surface area contributed by atoms with Crippen molar-refractivity contribution in [3.8, 4) is 0 Å². The molecule has 1 aromatic carbocycles. The summed E-state index contributed by atoms with van der Waals surface area (Å²) in [7, 11) is 0. The lowest BCUT2D eigenvalue weighted by Gasteiger charge is -2.19. The first-order valence-electron chi connectivity index (χ1n) is 7.08. The first-order valence-corrected chi connectivity index (χ1v) is 7.08. The summed E-state index contributed by atoms with van der Waals surface area (Å²) in [5.41, 5.74) is 2.51. The average molecular weight is 272 g/mol. The Hall–Kier alpha value is -1.88. The van der Waals surface area contributed by atoms with Gasteiger partial charge in [0, 0.05) is 17.8 Å².